The van der Waals surface area contributed by atoms with Gasteiger partial charge in [-0.05, 0) is 157 Å². The zero-order valence-electron chi connectivity index (χ0n) is 39.1. The molecule has 3 heterocycles. The molecule has 69 heavy (non-hydrogen) atoms. The number of piperidine rings is 1. The second kappa shape index (κ2) is 22.8. The Kier molecular flexibility index (Phi) is 16.9. The summed E-state index contributed by atoms with van der Waals surface area (Å²) in [5.74, 6) is 0. The topological polar surface area (TPSA) is 204 Å². The van der Waals surface area contributed by atoms with Crippen LogP contribution in [0.25, 0.3) is 0 Å². The van der Waals surface area contributed by atoms with Crippen molar-refractivity contribution in [1.29, 1.82) is 0 Å². The predicted octanol–water partition coefficient (Wildman–Crippen LogP) is 8.78. The number of sulfonamides is 2. The van der Waals surface area contributed by atoms with Crippen LogP contribution in [0.4, 0.5) is 32.3 Å². The van der Waals surface area contributed by atoms with E-state index < -0.39 is 42.2 Å². The molecule has 3 fully saturated rings. The maximum atomic E-state index is 13.3. The summed E-state index contributed by atoms with van der Waals surface area (Å²) in [5.41, 5.74) is 5.40. The van der Waals surface area contributed by atoms with Gasteiger partial charge >= 0.3 is 12.1 Å². The molecule has 2 atom stereocenters. The molecule has 0 bridgehead atoms. The van der Waals surface area contributed by atoms with Crippen molar-refractivity contribution in [3.8, 4) is 0 Å². The Balaban J connectivity index is 0.000000206. The highest BCUT2D eigenvalue weighted by atomic mass is 32.2. The van der Waals surface area contributed by atoms with Crippen LogP contribution < -0.4 is 21.3 Å². The summed E-state index contributed by atoms with van der Waals surface area (Å²) in [5, 5.41) is 10.9. The summed E-state index contributed by atoms with van der Waals surface area (Å²) in [6.07, 6.45) is 6.56. The minimum Gasteiger partial charge on any atom is -0.308 e. The Morgan fingerprint density at radius 2 is 0.812 bits per heavy atom. The molecule has 5 aromatic carbocycles. The van der Waals surface area contributed by atoms with Gasteiger partial charge in [0.25, 0.3) is 10.1 Å². The molecular formula is C50H61N7O9S3. The number of nitrogens with zero attached hydrogens (tertiary/aromatic N) is 3. The minimum absolute atomic E-state index is 0.0278. The second-order valence-corrected chi connectivity index (χ2v) is 23.1. The number of anilines is 4. The normalized spacial score (nSPS) is 18.2. The molecule has 0 aliphatic carbocycles. The van der Waals surface area contributed by atoms with Crippen LogP contribution in [-0.2, 0) is 34.3 Å². The van der Waals surface area contributed by atoms with Crippen LogP contribution in [0.3, 0.4) is 0 Å². The molecule has 0 unspecified atom stereocenters. The van der Waals surface area contributed by atoms with Gasteiger partial charge < -0.3 is 26.2 Å². The van der Waals surface area contributed by atoms with E-state index >= 15 is 0 Å². The van der Waals surface area contributed by atoms with Crippen LogP contribution in [0.15, 0.2) is 136 Å². The highest BCUT2D eigenvalue weighted by Gasteiger charge is 2.38. The number of rotatable bonds is 14. The van der Waals surface area contributed by atoms with Crippen LogP contribution in [-0.4, -0.2) is 102 Å². The Morgan fingerprint density at radius 1 is 0.464 bits per heavy atom. The Bertz CT molecular complexity index is 2860. The summed E-state index contributed by atoms with van der Waals surface area (Å²) in [4.78, 5) is 27.2. The first-order chi connectivity index (χ1) is 33.0. The van der Waals surface area contributed by atoms with E-state index in [1.807, 2.05) is 57.2 Å². The molecule has 0 radical (unpaired) electrons. The number of aryl methyl sites for hydroxylation is 3. The highest BCUT2D eigenvalue weighted by Crippen LogP contribution is 2.30. The van der Waals surface area contributed by atoms with Crippen LogP contribution in [0.5, 0.6) is 0 Å². The van der Waals surface area contributed by atoms with Crippen molar-refractivity contribution in [3.05, 3.63) is 138 Å². The highest BCUT2D eigenvalue weighted by molar-refractivity contribution is 7.89. The maximum Gasteiger partial charge on any atom is 0.323 e. The SMILES string of the molecule is Cc1ccc(NC(=O)Nc2ccc(S(=O)(=O)N3CCC[C@H]3CN3CCCCC3)cc2)cc1.Cc1ccc(NC(=O)Nc2ccc(S(=O)(=O)N3CCC[C@H]3COS(=O)(=O)c3ccc(C)cc3)cc2)cc1. The molecule has 4 amide bonds. The van der Waals surface area contributed by atoms with Crippen molar-refractivity contribution < 1.29 is 39.0 Å². The summed E-state index contributed by atoms with van der Waals surface area (Å²) >= 11 is 0. The molecular weight excluding hydrogens is 939 g/mol. The maximum absolute atomic E-state index is 13.3. The quantitative estimate of drug-likeness (QED) is 0.0779. The first-order valence-corrected chi connectivity index (χ1v) is 27.5. The first-order valence-electron chi connectivity index (χ1n) is 23.2. The average Bonchev–Trinajstić information content (AvgIpc) is 4.02. The molecule has 5 aromatic rings. The number of hydrogen-bond donors (Lipinski definition) is 4. The number of nitrogens with one attached hydrogen (secondary N) is 4. The minimum atomic E-state index is -4.01. The van der Waals surface area contributed by atoms with Crippen molar-refractivity contribution in [2.75, 3.05) is 60.6 Å². The van der Waals surface area contributed by atoms with Gasteiger partial charge in [-0.15, -0.1) is 0 Å². The summed E-state index contributed by atoms with van der Waals surface area (Å²) in [6.45, 7) is 9.29. The number of urea groups is 2. The van der Waals surface area contributed by atoms with Crippen molar-refractivity contribution in [1.82, 2.24) is 13.5 Å². The van der Waals surface area contributed by atoms with Gasteiger partial charge in [-0.25, -0.2) is 26.4 Å². The standard InChI is InChI=1S/C26H29N3O6S2.C24H32N4O3S/c1-19-5-9-21(10-6-19)27-26(30)28-22-11-15-24(16-12-22)36(31,32)29-17-3-4-23(29)18-35-37(33,34)25-13-7-20(2)8-14-25;1-19-7-9-20(10-8-19)25-24(29)26-21-11-13-23(14-12-21)32(30,31)28-17-5-6-22(28)18-27-15-3-2-4-16-27/h5-16,23H,3-4,17-18H2,1-2H3,(H2,27,28,30);7-14,22H,2-6,15-18H2,1H3,(H2,25,26,29)/t23-;22-/m00/s1. The van der Waals surface area contributed by atoms with E-state index in [2.05, 4.69) is 26.2 Å². The molecule has 368 valence electrons. The zero-order valence-corrected chi connectivity index (χ0v) is 41.6. The lowest BCUT2D eigenvalue weighted by molar-refractivity contribution is 0.189. The first kappa shape index (κ1) is 51.2. The molecule has 0 saturated carbocycles. The molecule has 3 aliphatic rings. The molecule has 16 nitrogen and oxygen atoms in total. The molecule has 4 N–H and O–H groups in total. The molecule has 19 heteroatoms. The van der Waals surface area contributed by atoms with E-state index in [0.29, 0.717) is 42.1 Å². The Morgan fingerprint density at radius 3 is 1.23 bits per heavy atom. The number of benzene rings is 5. The van der Waals surface area contributed by atoms with Gasteiger partial charge in [-0.2, -0.15) is 17.0 Å². The second-order valence-electron chi connectivity index (χ2n) is 17.7. The van der Waals surface area contributed by atoms with E-state index in [4.69, 9.17) is 4.18 Å². The summed E-state index contributed by atoms with van der Waals surface area (Å²) in [6, 6.07) is 32.0. The fraction of sp³-hybridized carbons (Fsp3) is 0.360. The number of carbonyl (C=O) groups is 2. The van der Waals surface area contributed by atoms with Gasteiger partial charge in [0, 0.05) is 48.4 Å². The van der Waals surface area contributed by atoms with E-state index in [1.54, 1.807) is 52.8 Å². The molecule has 0 spiro atoms. The fourth-order valence-electron chi connectivity index (χ4n) is 8.53. The van der Waals surface area contributed by atoms with Gasteiger partial charge in [-0.3, -0.25) is 4.18 Å². The van der Waals surface area contributed by atoms with Gasteiger partial charge in [0.05, 0.1) is 27.3 Å². The van der Waals surface area contributed by atoms with Crippen LogP contribution >= 0.6 is 0 Å². The number of hydrogen-bond acceptors (Lipinski definition) is 10. The lowest BCUT2D eigenvalue weighted by atomic mass is 10.1. The smallest absolute Gasteiger partial charge is 0.308 e. The molecule has 3 aliphatic heterocycles. The zero-order chi connectivity index (χ0) is 49.2. The number of likely N-dealkylation sites (tertiary alicyclic amines) is 1. The van der Waals surface area contributed by atoms with E-state index in [-0.39, 0.29) is 39.9 Å². The molecule has 3 saturated heterocycles. The van der Waals surface area contributed by atoms with Gasteiger partial charge in [0.15, 0.2) is 0 Å². The third kappa shape index (κ3) is 13.8. The monoisotopic (exact) mass is 999 g/mol. The lowest BCUT2D eigenvalue weighted by Crippen LogP contribution is -2.44. The summed E-state index contributed by atoms with van der Waals surface area (Å²) in [7, 11) is -11.5. The lowest BCUT2D eigenvalue weighted by Gasteiger charge is -2.32. The van der Waals surface area contributed by atoms with Crippen LogP contribution in [0.2, 0.25) is 0 Å². The van der Waals surface area contributed by atoms with E-state index in [0.717, 1.165) is 49.2 Å². The van der Waals surface area contributed by atoms with Gasteiger partial charge in [-0.1, -0.05) is 59.5 Å². The Labute approximate surface area is 406 Å². The van der Waals surface area contributed by atoms with Crippen LogP contribution in [0, 0.1) is 20.8 Å². The van der Waals surface area contributed by atoms with Crippen molar-refractivity contribution >= 4 is 65.0 Å². The number of carbonyl (C=O) groups excluding carboxylic acids is 2. The van der Waals surface area contributed by atoms with E-state index in [9.17, 15) is 34.8 Å². The Hall–Kier alpha value is -5.67. The summed E-state index contributed by atoms with van der Waals surface area (Å²) < 4.78 is 86.5. The van der Waals surface area contributed by atoms with Crippen molar-refractivity contribution in [3.63, 3.8) is 0 Å². The van der Waals surface area contributed by atoms with Crippen molar-refractivity contribution in [2.45, 2.75) is 92.5 Å². The molecule has 8 rings (SSSR count). The largest absolute Gasteiger partial charge is 0.323 e. The van der Waals surface area contributed by atoms with Crippen LogP contribution in [0.1, 0.15) is 61.6 Å². The van der Waals surface area contributed by atoms with Gasteiger partial charge in [0.2, 0.25) is 20.0 Å². The van der Waals surface area contributed by atoms with Crippen molar-refractivity contribution in [2.24, 2.45) is 0 Å². The predicted molar refractivity (Wildman–Crippen MR) is 269 cm³/mol. The average molecular weight is 1000 g/mol. The fourth-order valence-corrected chi connectivity index (χ4v) is 12.8. The third-order valence-corrected chi connectivity index (χ3v) is 17.6. The van der Waals surface area contributed by atoms with E-state index in [1.165, 1.54) is 60.0 Å². The molecule has 0 aromatic heterocycles. The van der Waals surface area contributed by atoms with Gasteiger partial charge in [0.1, 0.15) is 0 Å². The number of amides is 4. The third-order valence-electron chi connectivity index (χ3n) is 12.3.